The van der Waals surface area contributed by atoms with E-state index in [1.807, 2.05) is 19.1 Å². The van der Waals surface area contributed by atoms with Gasteiger partial charge in [-0.05, 0) is 48.4 Å². The van der Waals surface area contributed by atoms with Gasteiger partial charge in [0, 0.05) is 11.3 Å². The van der Waals surface area contributed by atoms with Gasteiger partial charge in [0.1, 0.15) is 12.4 Å². The molecule has 6 heteroatoms. The SMILES string of the molecule is CCc1ccc(OCCO)c(C(Nc2ccc(C#N)cc2)C(=O)OC)c1. The number of esters is 1. The van der Waals surface area contributed by atoms with Gasteiger partial charge in [0.25, 0.3) is 0 Å². The highest BCUT2D eigenvalue weighted by atomic mass is 16.5. The maximum absolute atomic E-state index is 12.4. The van der Waals surface area contributed by atoms with Gasteiger partial charge >= 0.3 is 5.97 Å². The third kappa shape index (κ3) is 4.74. The predicted molar refractivity (Wildman–Crippen MR) is 97.9 cm³/mol. The molecule has 0 radical (unpaired) electrons. The molecular weight excluding hydrogens is 332 g/mol. The molecule has 0 heterocycles. The zero-order valence-corrected chi connectivity index (χ0v) is 14.9. The van der Waals surface area contributed by atoms with Gasteiger partial charge in [-0.2, -0.15) is 5.26 Å². The number of anilines is 1. The highest BCUT2D eigenvalue weighted by molar-refractivity contribution is 5.82. The lowest BCUT2D eigenvalue weighted by Crippen LogP contribution is -2.23. The van der Waals surface area contributed by atoms with Gasteiger partial charge in [-0.1, -0.05) is 13.0 Å². The molecule has 2 N–H and O–H groups in total. The van der Waals surface area contributed by atoms with Crippen LogP contribution in [0, 0.1) is 11.3 Å². The molecule has 136 valence electrons. The minimum atomic E-state index is -0.784. The van der Waals surface area contributed by atoms with Crippen molar-refractivity contribution in [3.63, 3.8) is 0 Å². The number of aliphatic hydroxyl groups is 1. The molecule has 0 amide bonds. The lowest BCUT2D eigenvalue weighted by Gasteiger charge is -2.21. The van der Waals surface area contributed by atoms with Crippen molar-refractivity contribution in [2.24, 2.45) is 0 Å². The fourth-order valence-corrected chi connectivity index (χ4v) is 2.52. The van der Waals surface area contributed by atoms with E-state index >= 15 is 0 Å². The molecule has 2 aromatic carbocycles. The Morgan fingerprint density at radius 1 is 1.27 bits per heavy atom. The first-order chi connectivity index (χ1) is 12.6. The minimum absolute atomic E-state index is 0.124. The predicted octanol–water partition coefficient (Wildman–Crippen LogP) is 2.82. The van der Waals surface area contributed by atoms with E-state index in [-0.39, 0.29) is 13.2 Å². The number of carbonyl (C=O) groups is 1. The van der Waals surface area contributed by atoms with Crippen molar-refractivity contribution < 1.29 is 19.4 Å². The molecule has 1 unspecified atom stereocenters. The van der Waals surface area contributed by atoms with E-state index in [1.165, 1.54) is 7.11 Å². The highest BCUT2D eigenvalue weighted by Crippen LogP contribution is 2.30. The summed E-state index contributed by atoms with van der Waals surface area (Å²) < 4.78 is 10.6. The summed E-state index contributed by atoms with van der Waals surface area (Å²) in [4.78, 5) is 12.4. The van der Waals surface area contributed by atoms with Gasteiger partial charge in [-0.15, -0.1) is 0 Å². The monoisotopic (exact) mass is 354 g/mol. The number of hydrogen-bond donors (Lipinski definition) is 2. The van der Waals surface area contributed by atoms with E-state index in [1.54, 1.807) is 30.3 Å². The van der Waals surface area contributed by atoms with Crippen LogP contribution in [0.25, 0.3) is 0 Å². The van der Waals surface area contributed by atoms with Gasteiger partial charge in [-0.25, -0.2) is 4.79 Å². The highest BCUT2D eigenvalue weighted by Gasteiger charge is 2.25. The summed E-state index contributed by atoms with van der Waals surface area (Å²) in [5.74, 6) is 0.0456. The molecule has 26 heavy (non-hydrogen) atoms. The molecule has 0 spiro atoms. The second-order valence-electron chi connectivity index (χ2n) is 5.59. The first-order valence-electron chi connectivity index (χ1n) is 8.34. The van der Waals surface area contributed by atoms with Crippen LogP contribution in [0.15, 0.2) is 42.5 Å². The number of ether oxygens (including phenoxy) is 2. The number of aliphatic hydroxyl groups excluding tert-OH is 1. The van der Waals surface area contributed by atoms with Crippen LogP contribution < -0.4 is 10.1 Å². The summed E-state index contributed by atoms with van der Waals surface area (Å²) in [6, 6.07) is 13.7. The first-order valence-corrected chi connectivity index (χ1v) is 8.34. The summed E-state index contributed by atoms with van der Waals surface area (Å²) in [6.07, 6.45) is 0.804. The van der Waals surface area contributed by atoms with Crippen molar-refractivity contribution in [3.05, 3.63) is 59.2 Å². The topological polar surface area (TPSA) is 91.6 Å². The van der Waals surface area contributed by atoms with Gasteiger partial charge in [0.2, 0.25) is 0 Å². The number of nitrogens with zero attached hydrogens (tertiary/aromatic N) is 1. The minimum Gasteiger partial charge on any atom is -0.491 e. The molecule has 2 aromatic rings. The summed E-state index contributed by atoms with van der Waals surface area (Å²) in [5, 5.41) is 21.1. The summed E-state index contributed by atoms with van der Waals surface area (Å²) in [7, 11) is 1.33. The zero-order valence-electron chi connectivity index (χ0n) is 14.9. The normalized spacial score (nSPS) is 11.3. The van der Waals surface area contributed by atoms with Gasteiger partial charge in [0.05, 0.1) is 25.3 Å². The maximum atomic E-state index is 12.4. The lowest BCUT2D eigenvalue weighted by atomic mass is 10.0. The van der Waals surface area contributed by atoms with Crippen LogP contribution >= 0.6 is 0 Å². The van der Waals surface area contributed by atoms with E-state index in [9.17, 15) is 4.79 Å². The van der Waals surface area contributed by atoms with E-state index in [0.29, 0.717) is 22.6 Å². The first kappa shape index (κ1) is 19.3. The van der Waals surface area contributed by atoms with E-state index in [0.717, 1.165) is 12.0 Å². The van der Waals surface area contributed by atoms with Crippen LogP contribution in [0.5, 0.6) is 5.75 Å². The van der Waals surface area contributed by atoms with Crippen LogP contribution in [0.2, 0.25) is 0 Å². The number of rotatable bonds is 8. The van der Waals surface area contributed by atoms with E-state index in [2.05, 4.69) is 11.4 Å². The Kier molecular flexibility index (Phi) is 7.01. The summed E-state index contributed by atoms with van der Waals surface area (Å²) >= 11 is 0. The fraction of sp³-hybridized carbons (Fsp3) is 0.300. The molecule has 0 aliphatic rings. The molecule has 0 saturated carbocycles. The number of benzene rings is 2. The van der Waals surface area contributed by atoms with Gasteiger partial charge < -0.3 is 19.9 Å². The van der Waals surface area contributed by atoms with Crippen LogP contribution in [0.4, 0.5) is 5.69 Å². The van der Waals surface area contributed by atoms with E-state index < -0.39 is 12.0 Å². The Labute approximate surface area is 153 Å². The van der Waals surface area contributed by atoms with Gasteiger partial charge in [-0.3, -0.25) is 0 Å². The van der Waals surface area contributed by atoms with Crippen LogP contribution in [0.1, 0.15) is 29.7 Å². The number of nitriles is 1. The molecular formula is C20H22N2O4. The summed E-state index contributed by atoms with van der Waals surface area (Å²) in [5.41, 5.74) is 2.89. The molecule has 0 bridgehead atoms. The Balaban J connectivity index is 2.41. The molecule has 0 aliphatic carbocycles. The summed E-state index contributed by atoms with van der Waals surface area (Å²) in [6.45, 7) is 2.03. The quantitative estimate of drug-likeness (QED) is 0.708. The standard InChI is InChI=1S/C20H22N2O4/c1-3-14-6-9-18(26-11-10-23)17(12-14)19(20(24)25-2)22-16-7-4-15(13-21)5-8-16/h4-9,12,19,22-23H,3,10-11H2,1-2H3. The Bertz CT molecular complexity index is 781. The van der Waals surface area contributed by atoms with Crippen molar-refractivity contribution >= 4 is 11.7 Å². The molecule has 1 atom stereocenters. The lowest BCUT2D eigenvalue weighted by molar-refractivity contribution is -0.141. The van der Waals surface area contributed by atoms with Crippen LogP contribution in [0.3, 0.4) is 0 Å². The largest absolute Gasteiger partial charge is 0.491 e. The van der Waals surface area contributed by atoms with Crippen molar-refractivity contribution in [2.75, 3.05) is 25.6 Å². The fourth-order valence-electron chi connectivity index (χ4n) is 2.52. The number of aryl methyl sites for hydroxylation is 1. The van der Waals surface area contributed by atoms with Crippen molar-refractivity contribution in [1.82, 2.24) is 0 Å². The average molecular weight is 354 g/mol. The molecule has 0 aromatic heterocycles. The molecule has 6 nitrogen and oxygen atoms in total. The molecule has 0 fully saturated rings. The Hall–Kier alpha value is -3.04. The molecule has 0 saturated heterocycles. The van der Waals surface area contributed by atoms with Crippen molar-refractivity contribution in [2.45, 2.75) is 19.4 Å². The van der Waals surface area contributed by atoms with Crippen LogP contribution in [-0.2, 0) is 16.0 Å². The van der Waals surface area contributed by atoms with E-state index in [4.69, 9.17) is 19.8 Å². The van der Waals surface area contributed by atoms with Gasteiger partial charge in [0.15, 0.2) is 6.04 Å². The van der Waals surface area contributed by atoms with Crippen LogP contribution in [-0.4, -0.2) is 31.4 Å². The second kappa shape index (κ2) is 9.44. The van der Waals surface area contributed by atoms with Crippen molar-refractivity contribution in [1.29, 1.82) is 5.26 Å². The molecule has 2 rings (SSSR count). The Morgan fingerprint density at radius 2 is 2.00 bits per heavy atom. The van der Waals surface area contributed by atoms with Crippen molar-refractivity contribution in [3.8, 4) is 11.8 Å². The Morgan fingerprint density at radius 3 is 2.58 bits per heavy atom. The third-order valence-corrected chi connectivity index (χ3v) is 3.90. The zero-order chi connectivity index (χ0) is 18.9. The molecule has 0 aliphatic heterocycles. The smallest absolute Gasteiger partial charge is 0.333 e. The second-order valence-corrected chi connectivity index (χ2v) is 5.59. The average Bonchev–Trinajstić information content (AvgIpc) is 2.70. The third-order valence-electron chi connectivity index (χ3n) is 3.90. The maximum Gasteiger partial charge on any atom is 0.333 e. The number of nitrogens with one attached hydrogen (secondary N) is 1. The number of carbonyl (C=O) groups excluding carboxylic acids is 1. The number of hydrogen-bond acceptors (Lipinski definition) is 6. The number of methoxy groups -OCH3 is 1.